The highest BCUT2D eigenvalue weighted by Crippen LogP contribution is 2.34. The maximum absolute atomic E-state index is 13.2. The van der Waals surface area contributed by atoms with Gasteiger partial charge in [0, 0.05) is 18.7 Å². The average Bonchev–Trinajstić information content (AvgIpc) is 2.84. The van der Waals surface area contributed by atoms with Gasteiger partial charge in [0.05, 0.1) is 24.2 Å². The third kappa shape index (κ3) is 5.17. The Kier molecular flexibility index (Phi) is 7.05. The summed E-state index contributed by atoms with van der Waals surface area (Å²) in [4.78, 5) is 13.3. The molecule has 1 atom stereocenters. The van der Waals surface area contributed by atoms with Crippen LogP contribution in [0.4, 0.5) is 0 Å². The summed E-state index contributed by atoms with van der Waals surface area (Å²) in [5, 5.41) is 3.21. The Morgan fingerprint density at radius 3 is 2.39 bits per heavy atom. The van der Waals surface area contributed by atoms with Gasteiger partial charge in [0.2, 0.25) is 10.0 Å². The van der Waals surface area contributed by atoms with Crippen LogP contribution < -0.4 is 5.32 Å². The minimum absolute atomic E-state index is 0.0755. The fourth-order valence-electron chi connectivity index (χ4n) is 4.56. The van der Waals surface area contributed by atoms with E-state index in [0.717, 1.165) is 18.4 Å². The quantitative estimate of drug-likeness (QED) is 0.739. The Morgan fingerprint density at radius 2 is 1.68 bits per heavy atom. The Labute approximate surface area is 184 Å². The Balaban J connectivity index is 1.56. The van der Waals surface area contributed by atoms with E-state index in [1.807, 2.05) is 18.2 Å². The zero-order chi connectivity index (χ0) is 21.7. The summed E-state index contributed by atoms with van der Waals surface area (Å²) in [5.41, 5.74) is 1.46. The zero-order valence-corrected chi connectivity index (χ0v) is 18.5. The lowest BCUT2D eigenvalue weighted by Crippen LogP contribution is -2.40. The predicted octanol–water partition coefficient (Wildman–Crippen LogP) is 3.76. The first-order chi connectivity index (χ1) is 15.1. The van der Waals surface area contributed by atoms with Gasteiger partial charge in [-0.2, -0.15) is 4.31 Å². The highest BCUT2D eigenvalue weighted by molar-refractivity contribution is 7.89. The standard InChI is InChI=1S/C24H30N2O4S/c27-24(25-23(19-8-3-1-4-9-19)20-10-5-2-6-11-20)21-12-7-13-22(18-21)31(28,29)26-14-16-30-17-15-26/h1,3-4,7-9,12-13,18,20,23H,2,5-6,10-11,14-17H2,(H,25,27). The number of carbonyl (C=O) groups excluding carboxylic acids is 1. The van der Waals surface area contributed by atoms with Crippen LogP contribution in [0.3, 0.4) is 0 Å². The fourth-order valence-corrected chi connectivity index (χ4v) is 6.01. The van der Waals surface area contributed by atoms with Crippen LogP contribution in [0.5, 0.6) is 0 Å². The number of rotatable bonds is 6. The molecule has 1 saturated heterocycles. The van der Waals surface area contributed by atoms with Crippen LogP contribution in [0.1, 0.15) is 54.1 Å². The van der Waals surface area contributed by atoms with E-state index in [2.05, 4.69) is 17.4 Å². The second-order valence-electron chi connectivity index (χ2n) is 8.30. The Bertz CT molecular complexity index is 982. The van der Waals surface area contributed by atoms with Gasteiger partial charge in [-0.25, -0.2) is 8.42 Å². The van der Waals surface area contributed by atoms with E-state index in [4.69, 9.17) is 4.74 Å². The molecule has 1 unspecified atom stereocenters. The molecule has 0 aromatic heterocycles. The van der Waals surface area contributed by atoms with Gasteiger partial charge in [-0.3, -0.25) is 4.79 Å². The summed E-state index contributed by atoms with van der Waals surface area (Å²) in [7, 11) is -3.65. The minimum Gasteiger partial charge on any atom is -0.379 e. The topological polar surface area (TPSA) is 75.7 Å². The molecule has 0 spiro atoms. The number of sulfonamides is 1. The van der Waals surface area contributed by atoms with Gasteiger partial charge in [-0.05, 0) is 42.5 Å². The van der Waals surface area contributed by atoms with E-state index in [1.54, 1.807) is 18.2 Å². The van der Waals surface area contributed by atoms with Gasteiger partial charge in [0.15, 0.2) is 0 Å². The number of amides is 1. The van der Waals surface area contributed by atoms with Gasteiger partial charge < -0.3 is 10.1 Å². The summed E-state index contributed by atoms with van der Waals surface area (Å²) < 4.78 is 32.7. The smallest absolute Gasteiger partial charge is 0.251 e. The zero-order valence-electron chi connectivity index (χ0n) is 17.7. The highest BCUT2D eigenvalue weighted by Gasteiger charge is 2.29. The molecule has 2 aromatic carbocycles. The summed E-state index contributed by atoms with van der Waals surface area (Å²) in [5.74, 6) is 0.152. The monoisotopic (exact) mass is 442 g/mol. The molecule has 2 aromatic rings. The second-order valence-corrected chi connectivity index (χ2v) is 10.2. The number of benzene rings is 2. The van der Waals surface area contributed by atoms with Crippen molar-refractivity contribution in [3.05, 3.63) is 65.7 Å². The van der Waals surface area contributed by atoms with Gasteiger partial charge >= 0.3 is 0 Å². The molecular formula is C24H30N2O4S. The Morgan fingerprint density at radius 1 is 0.968 bits per heavy atom. The van der Waals surface area contributed by atoms with E-state index in [-0.39, 0.29) is 16.8 Å². The maximum Gasteiger partial charge on any atom is 0.251 e. The summed E-state index contributed by atoms with van der Waals surface area (Å²) in [6.45, 7) is 1.44. The van der Waals surface area contributed by atoms with Crippen molar-refractivity contribution in [2.75, 3.05) is 26.3 Å². The molecule has 0 bridgehead atoms. The molecule has 1 saturated carbocycles. The fraction of sp³-hybridized carbons (Fsp3) is 0.458. The summed E-state index contributed by atoms with van der Waals surface area (Å²) >= 11 is 0. The molecule has 1 aliphatic heterocycles. The SMILES string of the molecule is O=C(NC(c1ccccc1)C1CCCCC1)c1cccc(S(=O)(=O)N2CCOCC2)c1. The largest absolute Gasteiger partial charge is 0.379 e. The van der Waals surface area contributed by atoms with Gasteiger partial charge in [-0.1, -0.05) is 55.7 Å². The molecule has 1 heterocycles. The molecule has 166 valence electrons. The van der Waals surface area contributed by atoms with Crippen molar-refractivity contribution in [3.63, 3.8) is 0 Å². The molecule has 2 aliphatic rings. The second kappa shape index (κ2) is 9.94. The number of nitrogens with zero attached hydrogens (tertiary/aromatic N) is 1. The first-order valence-corrected chi connectivity index (χ1v) is 12.5. The lowest BCUT2D eigenvalue weighted by molar-refractivity contribution is 0.0730. The number of hydrogen-bond acceptors (Lipinski definition) is 4. The van der Waals surface area contributed by atoms with Gasteiger partial charge in [0.1, 0.15) is 0 Å². The van der Waals surface area contributed by atoms with Crippen molar-refractivity contribution in [3.8, 4) is 0 Å². The lowest BCUT2D eigenvalue weighted by Gasteiger charge is -2.31. The van der Waals surface area contributed by atoms with Crippen molar-refractivity contribution in [2.45, 2.75) is 43.0 Å². The number of hydrogen-bond donors (Lipinski definition) is 1. The maximum atomic E-state index is 13.2. The Hall–Kier alpha value is -2.22. The molecule has 1 amide bonds. The summed E-state index contributed by atoms with van der Waals surface area (Å²) in [6, 6.07) is 16.4. The number of morpholine rings is 1. The van der Waals surface area contributed by atoms with Crippen LogP contribution in [0.15, 0.2) is 59.5 Å². The molecular weight excluding hydrogens is 412 g/mol. The summed E-state index contributed by atoms with van der Waals surface area (Å²) in [6.07, 6.45) is 5.78. The van der Waals surface area contributed by atoms with Crippen LogP contribution in [0.2, 0.25) is 0 Å². The molecule has 7 heteroatoms. The molecule has 0 radical (unpaired) electrons. The van der Waals surface area contributed by atoms with Crippen LogP contribution >= 0.6 is 0 Å². The molecule has 1 aliphatic carbocycles. The minimum atomic E-state index is -3.65. The van der Waals surface area contributed by atoms with Crippen LogP contribution in [0, 0.1) is 5.92 Å². The van der Waals surface area contributed by atoms with Gasteiger partial charge in [-0.15, -0.1) is 0 Å². The van der Waals surface area contributed by atoms with E-state index in [9.17, 15) is 13.2 Å². The number of carbonyl (C=O) groups is 1. The third-order valence-corrected chi connectivity index (χ3v) is 8.17. The highest BCUT2D eigenvalue weighted by atomic mass is 32.2. The van der Waals surface area contributed by atoms with Crippen molar-refractivity contribution in [1.82, 2.24) is 9.62 Å². The van der Waals surface area contributed by atoms with E-state index >= 15 is 0 Å². The van der Waals surface area contributed by atoms with Gasteiger partial charge in [0.25, 0.3) is 5.91 Å². The molecule has 4 rings (SSSR count). The van der Waals surface area contributed by atoms with E-state index in [1.165, 1.54) is 29.6 Å². The molecule has 6 nitrogen and oxygen atoms in total. The third-order valence-electron chi connectivity index (χ3n) is 6.27. The van der Waals surface area contributed by atoms with Crippen LogP contribution in [-0.2, 0) is 14.8 Å². The van der Waals surface area contributed by atoms with Crippen LogP contribution in [-0.4, -0.2) is 44.9 Å². The van der Waals surface area contributed by atoms with Crippen molar-refractivity contribution < 1.29 is 17.9 Å². The first-order valence-electron chi connectivity index (χ1n) is 11.1. The average molecular weight is 443 g/mol. The normalized spacial score (nSPS) is 19.6. The predicted molar refractivity (Wildman–Crippen MR) is 119 cm³/mol. The number of nitrogens with one attached hydrogen (secondary N) is 1. The van der Waals surface area contributed by atoms with Crippen molar-refractivity contribution in [1.29, 1.82) is 0 Å². The molecule has 2 fully saturated rings. The van der Waals surface area contributed by atoms with E-state index < -0.39 is 10.0 Å². The molecule has 31 heavy (non-hydrogen) atoms. The van der Waals surface area contributed by atoms with Crippen molar-refractivity contribution in [2.24, 2.45) is 5.92 Å². The first kappa shape index (κ1) is 22.0. The number of ether oxygens (including phenoxy) is 1. The van der Waals surface area contributed by atoms with Crippen LogP contribution in [0.25, 0.3) is 0 Å². The lowest BCUT2D eigenvalue weighted by atomic mass is 9.81. The molecule has 1 N–H and O–H groups in total. The van der Waals surface area contributed by atoms with Crippen molar-refractivity contribution >= 4 is 15.9 Å². The van der Waals surface area contributed by atoms with E-state index in [0.29, 0.717) is 37.8 Å².